The fraction of sp³-hybridized carbons (Fsp3) is 0.947. The summed E-state index contributed by atoms with van der Waals surface area (Å²) < 4.78 is 0. The van der Waals surface area contributed by atoms with Gasteiger partial charge in [-0.1, -0.05) is 45.4 Å². The van der Waals surface area contributed by atoms with Crippen LogP contribution in [0.15, 0.2) is 0 Å². The Morgan fingerprint density at radius 1 is 0.857 bits per heavy atom. The van der Waals surface area contributed by atoms with E-state index in [9.17, 15) is 4.79 Å². The molecular formula is C19H34O2. The van der Waals surface area contributed by atoms with Crippen LogP contribution in [0.5, 0.6) is 0 Å². The van der Waals surface area contributed by atoms with Crippen molar-refractivity contribution in [3.05, 3.63) is 0 Å². The summed E-state index contributed by atoms with van der Waals surface area (Å²) in [6, 6.07) is 0. The van der Waals surface area contributed by atoms with Gasteiger partial charge in [-0.15, -0.1) is 0 Å². The molecule has 2 aliphatic carbocycles. The van der Waals surface area contributed by atoms with Gasteiger partial charge < -0.3 is 5.11 Å². The maximum Gasteiger partial charge on any atom is 0.303 e. The number of rotatable bonds is 7. The number of hydrogen-bond donors (Lipinski definition) is 1. The van der Waals surface area contributed by atoms with Crippen LogP contribution >= 0.6 is 0 Å². The van der Waals surface area contributed by atoms with Gasteiger partial charge in [-0.05, 0) is 62.2 Å². The lowest BCUT2D eigenvalue weighted by Crippen LogP contribution is -2.26. The van der Waals surface area contributed by atoms with E-state index in [0.717, 1.165) is 30.6 Å². The van der Waals surface area contributed by atoms with Crippen molar-refractivity contribution in [2.24, 2.45) is 23.7 Å². The maximum atomic E-state index is 10.8. The Labute approximate surface area is 130 Å². The molecule has 0 radical (unpaired) electrons. The van der Waals surface area contributed by atoms with Gasteiger partial charge in [-0.3, -0.25) is 4.79 Å². The predicted octanol–water partition coefficient (Wildman–Crippen LogP) is 5.65. The Kier molecular flexibility index (Phi) is 7.06. The second kappa shape index (κ2) is 8.80. The van der Waals surface area contributed by atoms with Gasteiger partial charge >= 0.3 is 5.97 Å². The van der Waals surface area contributed by atoms with E-state index in [1.807, 2.05) is 0 Å². The van der Waals surface area contributed by atoms with E-state index in [1.165, 1.54) is 64.2 Å². The van der Waals surface area contributed by atoms with E-state index in [1.54, 1.807) is 0 Å². The third kappa shape index (κ3) is 5.64. The SMILES string of the molecule is CCCCCC1CCC([C@H]2CC[C@H](CC(=O)O)CC2)CC1. The molecule has 122 valence electrons. The van der Waals surface area contributed by atoms with Crippen LogP contribution in [0.1, 0.15) is 90.4 Å². The van der Waals surface area contributed by atoms with Crippen LogP contribution in [0, 0.1) is 23.7 Å². The Morgan fingerprint density at radius 2 is 1.38 bits per heavy atom. The van der Waals surface area contributed by atoms with E-state index >= 15 is 0 Å². The highest BCUT2D eigenvalue weighted by Crippen LogP contribution is 2.42. The molecule has 0 unspecified atom stereocenters. The molecule has 0 aliphatic heterocycles. The van der Waals surface area contributed by atoms with E-state index in [4.69, 9.17) is 5.11 Å². The van der Waals surface area contributed by atoms with Crippen LogP contribution in [0.3, 0.4) is 0 Å². The van der Waals surface area contributed by atoms with Gasteiger partial charge in [-0.2, -0.15) is 0 Å². The van der Waals surface area contributed by atoms with E-state index in [2.05, 4.69) is 6.92 Å². The van der Waals surface area contributed by atoms with Crippen molar-refractivity contribution < 1.29 is 9.90 Å². The van der Waals surface area contributed by atoms with Crippen molar-refractivity contribution in [3.8, 4) is 0 Å². The first-order valence-electron chi connectivity index (χ1n) is 9.40. The lowest BCUT2D eigenvalue weighted by atomic mass is 9.68. The van der Waals surface area contributed by atoms with Crippen LogP contribution in [-0.2, 0) is 4.79 Å². The molecule has 0 amide bonds. The van der Waals surface area contributed by atoms with Crippen molar-refractivity contribution >= 4 is 5.97 Å². The van der Waals surface area contributed by atoms with Gasteiger partial charge in [0.25, 0.3) is 0 Å². The van der Waals surface area contributed by atoms with Crippen molar-refractivity contribution in [1.82, 2.24) is 0 Å². The molecular weight excluding hydrogens is 260 g/mol. The first-order chi connectivity index (χ1) is 10.2. The number of hydrogen-bond acceptors (Lipinski definition) is 1. The minimum Gasteiger partial charge on any atom is -0.481 e. The molecule has 0 atom stereocenters. The normalized spacial score (nSPS) is 33.8. The Balaban J connectivity index is 1.63. The molecule has 0 heterocycles. The lowest BCUT2D eigenvalue weighted by molar-refractivity contribution is -0.138. The van der Waals surface area contributed by atoms with Crippen LogP contribution in [0.25, 0.3) is 0 Å². The van der Waals surface area contributed by atoms with E-state index in [-0.39, 0.29) is 0 Å². The molecule has 0 bridgehead atoms. The van der Waals surface area contributed by atoms with Crippen LogP contribution < -0.4 is 0 Å². The summed E-state index contributed by atoms with van der Waals surface area (Å²) in [5.74, 6) is 2.73. The highest BCUT2D eigenvalue weighted by atomic mass is 16.4. The smallest absolute Gasteiger partial charge is 0.303 e. The van der Waals surface area contributed by atoms with Crippen molar-refractivity contribution in [2.75, 3.05) is 0 Å². The van der Waals surface area contributed by atoms with E-state index < -0.39 is 5.97 Å². The number of carboxylic acid groups (broad SMARTS) is 1. The predicted molar refractivity (Wildman–Crippen MR) is 87.3 cm³/mol. The largest absolute Gasteiger partial charge is 0.481 e. The summed E-state index contributed by atoms with van der Waals surface area (Å²) in [5.41, 5.74) is 0. The molecule has 0 aromatic heterocycles. The summed E-state index contributed by atoms with van der Waals surface area (Å²) in [7, 11) is 0. The van der Waals surface area contributed by atoms with Gasteiger partial charge in [0.2, 0.25) is 0 Å². The monoisotopic (exact) mass is 294 g/mol. The highest BCUT2D eigenvalue weighted by Gasteiger charge is 2.31. The molecule has 21 heavy (non-hydrogen) atoms. The first kappa shape index (κ1) is 16.8. The zero-order chi connectivity index (χ0) is 15.1. The summed E-state index contributed by atoms with van der Waals surface area (Å²) in [6.07, 6.45) is 16.8. The Bertz CT molecular complexity index is 297. The van der Waals surface area contributed by atoms with Crippen molar-refractivity contribution in [2.45, 2.75) is 90.4 Å². The van der Waals surface area contributed by atoms with Gasteiger partial charge in [0.15, 0.2) is 0 Å². The van der Waals surface area contributed by atoms with Crippen LogP contribution in [0.2, 0.25) is 0 Å². The molecule has 2 aliphatic rings. The van der Waals surface area contributed by atoms with Gasteiger partial charge in [-0.25, -0.2) is 0 Å². The minimum atomic E-state index is -0.606. The number of unbranched alkanes of at least 4 members (excludes halogenated alkanes) is 2. The zero-order valence-electron chi connectivity index (χ0n) is 13.9. The van der Waals surface area contributed by atoms with Gasteiger partial charge in [0.05, 0.1) is 0 Å². The Morgan fingerprint density at radius 3 is 1.86 bits per heavy atom. The molecule has 2 heteroatoms. The summed E-state index contributed by atoms with van der Waals surface area (Å²) in [4.78, 5) is 10.8. The molecule has 0 aromatic rings. The minimum absolute atomic E-state index is 0.400. The molecule has 1 N–H and O–H groups in total. The first-order valence-corrected chi connectivity index (χ1v) is 9.40. The zero-order valence-corrected chi connectivity index (χ0v) is 13.9. The molecule has 2 rings (SSSR count). The number of aliphatic carboxylic acids is 1. The highest BCUT2D eigenvalue weighted by molar-refractivity contribution is 5.67. The number of carboxylic acids is 1. The molecule has 0 saturated heterocycles. The van der Waals surface area contributed by atoms with Crippen LogP contribution in [-0.4, -0.2) is 11.1 Å². The second-order valence-electron chi connectivity index (χ2n) is 7.66. The molecule has 2 fully saturated rings. The van der Waals surface area contributed by atoms with Crippen LogP contribution in [0.4, 0.5) is 0 Å². The Hall–Kier alpha value is -0.530. The van der Waals surface area contributed by atoms with Crippen molar-refractivity contribution in [1.29, 1.82) is 0 Å². The maximum absolute atomic E-state index is 10.8. The average Bonchev–Trinajstić information content (AvgIpc) is 2.49. The third-order valence-electron chi connectivity index (χ3n) is 6.13. The second-order valence-corrected chi connectivity index (χ2v) is 7.66. The van der Waals surface area contributed by atoms with E-state index in [0.29, 0.717) is 12.3 Å². The van der Waals surface area contributed by atoms with Gasteiger partial charge in [0.1, 0.15) is 0 Å². The fourth-order valence-corrected chi connectivity index (χ4v) is 4.74. The topological polar surface area (TPSA) is 37.3 Å². The fourth-order valence-electron chi connectivity index (χ4n) is 4.74. The van der Waals surface area contributed by atoms with Crippen molar-refractivity contribution in [3.63, 3.8) is 0 Å². The lowest BCUT2D eigenvalue weighted by Gasteiger charge is -2.37. The standard InChI is InChI=1S/C19H34O2/c1-2-3-4-5-15-6-10-17(11-7-15)18-12-8-16(9-13-18)14-19(20)21/h15-18H,2-14H2,1H3,(H,20,21)/t15?,16-,17?,18-. The van der Waals surface area contributed by atoms with Gasteiger partial charge in [0, 0.05) is 6.42 Å². The third-order valence-corrected chi connectivity index (χ3v) is 6.13. The molecule has 2 nitrogen and oxygen atoms in total. The molecule has 2 saturated carbocycles. The summed E-state index contributed by atoms with van der Waals surface area (Å²) >= 11 is 0. The number of carbonyl (C=O) groups is 1. The summed E-state index contributed by atoms with van der Waals surface area (Å²) in [6.45, 7) is 2.29. The summed E-state index contributed by atoms with van der Waals surface area (Å²) in [5, 5.41) is 8.90. The molecule has 0 aromatic carbocycles. The molecule has 0 spiro atoms. The average molecular weight is 294 g/mol. The quantitative estimate of drug-likeness (QED) is 0.616.